The second-order valence-electron chi connectivity index (χ2n) is 1.92. The highest BCUT2D eigenvalue weighted by Crippen LogP contribution is 1.85. The average Bonchev–Trinajstić information content (AvgIpc) is 2.20. The fraction of sp³-hybridized carbons (Fsp3) is 0. The predicted octanol–water partition coefficient (Wildman–Crippen LogP) is -1.31. The van der Waals surface area contributed by atoms with Crippen molar-refractivity contribution in [2.24, 2.45) is 25.9 Å². The molecule has 2 rings (SSSR count). The first-order valence-electron chi connectivity index (χ1n) is 3.72. The minimum Gasteiger partial charge on any atom is -0.379 e. The van der Waals surface area contributed by atoms with E-state index in [9.17, 15) is 0 Å². The van der Waals surface area contributed by atoms with Crippen LogP contribution in [0.15, 0.2) is 38.2 Å². The molecule has 0 unspecified atom stereocenters. The summed E-state index contributed by atoms with van der Waals surface area (Å²) in [6.45, 7) is 0. The standard InChI is InChI=1S/C3H3N5.B3H3N3/c1-2-4-6-8-7-5-3-1;1-4-2-6-3-5-1/h1-3H;4-6H. The van der Waals surface area contributed by atoms with Crippen molar-refractivity contribution in [2.45, 2.75) is 0 Å². The SMILES string of the molecule is C1=CN=NN=NN=C1.[B]1N[B]N[B]N1. The van der Waals surface area contributed by atoms with Crippen LogP contribution in [0.4, 0.5) is 0 Å². The molecule has 8 nitrogen and oxygen atoms in total. The van der Waals surface area contributed by atoms with Crippen molar-refractivity contribution in [1.29, 1.82) is 0 Å². The quantitative estimate of drug-likeness (QED) is 0.410. The lowest BCUT2D eigenvalue weighted by molar-refractivity contribution is 0.891. The average molecular weight is 187 g/mol. The molecule has 3 N–H and O–H groups in total. The van der Waals surface area contributed by atoms with Crippen LogP contribution in [0.2, 0.25) is 0 Å². The third-order valence-electron chi connectivity index (χ3n) is 0.989. The number of rotatable bonds is 0. The van der Waals surface area contributed by atoms with Gasteiger partial charge in [0.1, 0.15) is 0 Å². The Morgan fingerprint density at radius 2 is 1.57 bits per heavy atom. The van der Waals surface area contributed by atoms with Crippen LogP contribution in [-0.2, 0) is 0 Å². The Morgan fingerprint density at radius 1 is 0.857 bits per heavy atom. The summed E-state index contributed by atoms with van der Waals surface area (Å²) in [7, 11) is 5.16. The Balaban J connectivity index is 0.000000146. The van der Waals surface area contributed by atoms with Crippen LogP contribution >= 0.6 is 0 Å². The van der Waals surface area contributed by atoms with Crippen molar-refractivity contribution >= 4 is 28.9 Å². The third kappa shape index (κ3) is 6.23. The van der Waals surface area contributed by atoms with Crippen LogP contribution in [0.1, 0.15) is 0 Å². The molecule has 0 spiro atoms. The van der Waals surface area contributed by atoms with E-state index >= 15 is 0 Å². The highest BCUT2D eigenvalue weighted by atomic mass is 15.5. The van der Waals surface area contributed by atoms with Crippen molar-refractivity contribution in [1.82, 2.24) is 15.4 Å². The van der Waals surface area contributed by atoms with Gasteiger partial charge in [-0.25, -0.2) is 0 Å². The lowest BCUT2D eigenvalue weighted by Crippen LogP contribution is -2.55. The van der Waals surface area contributed by atoms with Gasteiger partial charge in [0.05, 0.1) is 12.4 Å². The predicted molar refractivity (Wildman–Crippen MR) is 54.0 cm³/mol. The molecule has 2 aliphatic rings. The molecular weight excluding hydrogens is 181 g/mol. The van der Waals surface area contributed by atoms with Crippen LogP contribution in [0.3, 0.4) is 0 Å². The van der Waals surface area contributed by atoms with Crippen molar-refractivity contribution < 1.29 is 0 Å². The molecule has 0 aromatic rings. The molecule has 67 valence electrons. The molecule has 3 radical (unpaired) electrons. The van der Waals surface area contributed by atoms with E-state index in [1.165, 1.54) is 12.4 Å². The monoisotopic (exact) mass is 187 g/mol. The highest BCUT2D eigenvalue weighted by Gasteiger charge is 1.98. The lowest BCUT2D eigenvalue weighted by atomic mass is 9.85. The van der Waals surface area contributed by atoms with Crippen LogP contribution in [0.5, 0.6) is 0 Å². The molecule has 0 atom stereocenters. The molecule has 0 aromatic carbocycles. The highest BCUT2D eigenvalue weighted by molar-refractivity contribution is 6.65. The largest absolute Gasteiger partial charge is 0.379 e. The van der Waals surface area contributed by atoms with E-state index in [4.69, 9.17) is 0 Å². The smallest absolute Gasteiger partial charge is 0.284 e. The van der Waals surface area contributed by atoms with Crippen LogP contribution in [-0.4, -0.2) is 28.9 Å². The van der Waals surface area contributed by atoms with Gasteiger partial charge in [0.15, 0.2) is 0 Å². The number of nitrogens with zero attached hydrogens (tertiary/aromatic N) is 5. The minimum atomic E-state index is 1.47. The number of hydrogen-bond acceptors (Lipinski definition) is 8. The Kier molecular flexibility index (Phi) is 6.37. The molecule has 0 amide bonds. The molecule has 1 saturated heterocycles. The summed E-state index contributed by atoms with van der Waals surface area (Å²) in [4.78, 5) is 0. The zero-order chi connectivity index (χ0) is 9.90. The second kappa shape index (κ2) is 8.29. The molecule has 0 aliphatic carbocycles. The summed E-state index contributed by atoms with van der Waals surface area (Å²) in [6, 6.07) is 0. The van der Waals surface area contributed by atoms with Crippen molar-refractivity contribution in [3.05, 3.63) is 12.3 Å². The van der Waals surface area contributed by atoms with Gasteiger partial charge >= 0.3 is 0 Å². The van der Waals surface area contributed by atoms with Crippen LogP contribution < -0.4 is 15.4 Å². The van der Waals surface area contributed by atoms with Crippen molar-refractivity contribution in [3.8, 4) is 0 Å². The third-order valence-corrected chi connectivity index (χ3v) is 0.989. The maximum atomic E-state index is 3.42. The van der Waals surface area contributed by atoms with E-state index in [0.29, 0.717) is 0 Å². The Hall–Kier alpha value is -1.32. The zero-order valence-corrected chi connectivity index (χ0v) is 7.20. The van der Waals surface area contributed by atoms with Gasteiger partial charge in [-0.15, -0.1) is 10.2 Å². The zero-order valence-electron chi connectivity index (χ0n) is 7.20. The van der Waals surface area contributed by atoms with Gasteiger partial charge < -0.3 is 15.4 Å². The molecule has 1 fully saturated rings. The van der Waals surface area contributed by atoms with Gasteiger partial charge in [-0.3, -0.25) is 0 Å². The fourth-order valence-electron chi connectivity index (χ4n) is 0.509. The van der Waals surface area contributed by atoms with Crippen LogP contribution in [0.25, 0.3) is 0 Å². The first-order chi connectivity index (χ1) is 7.00. The minimum absolute atomic E-state index is 1.47. The Morgan fingerprint density at radius 3 is 2.21 bits per heavy atom. The molecule has 2 heterocycles. The molecule has 0 bridgehead atoms. The van der Waals surface area contributed by atoms with Crippen molar-refractivity contribution in [2.75, 3.05) is 0 Å². The van der Waals surface area contributed by atoms with Gasteiger partial charge in [0.25, 0.3) is 22.6 Å². The Bertz CT molecular complexity index is 177. The van der Waals surface area contributed by atoms with E-state index < -0.39 is 0 Å². The van der Waals surface area contributed by atoms with Gasteiger partial charge in [0.2, 0.25) is 0 Å². The van der Waals surface area contributed by atoms with Crippen molar-refractivity contribution in [3.63, 3.8) is 0 Å². The summed E-state index contributed by atoms with van der Waals surface area (Å²) >= 11 is 0. The maximum Gasteiger partial charge on any atom is 0.284 e. The topological polar surface area (TPSA) is 97.9 Å². The number of hydrogen-bond donors (Lipinski definition) is 3. The first-order valence-corrected chi connectivity index (χ1v) is 3.72. The van der Waals surface area contributed by atoms with Gasteiger partial charge in [-0.1, -0.05) is 0 Å². The molecule has 0 aromatic heterocycles. The normalized spacial score (nSPS) is 17.7. The van der Waals surface area contributed by atoms with Gasteiger partial charge in [-0.05, 0) is 21.7 Å². The van der Waals surface area contributed by atoms with E-state index in [1.807, 2.05) is 0 Å². The van der Waals surface area contributed by atoms with E-state index in [1.54, 1.807) is 28.7 Å². The first kappa shape index (κ1) is 10.8. The summed E-state index contributed by atoms with van der Waals surface area (Å²) in [5.74, 6) is 0. The lowest BCUT2D eigenvalue weighted by Gasteiger charge is -2.07. The second-order valence-corrected chi connectivity index (χ2v) is 1.92. The summed E-state index contributed by atoms with van der Waals surface area (Å²) in [5, 5.41) is 24.8. The number of allylic oxidation sites excluding steroid dienone is 1. The molecule has 2 aliphatic heterocycles. The molecular formula is C3H6B3N8. The van der Waals surface area contributed by atoms with Gasteiger partial charge in [0, 0.05) is 0 Å². The maximum absolute atomic E-state index is 3.42. The van der Waals surface area contributed by atoms with Crippen LogP contribution in [0, 0.1) is 0 Å². The van der Waals surface area contributed by atoms with Gasteiger partial charge in [-0.2, -0.15) is 0 Å². The Labute approximate surface area is 83.3 Å². The molecule has 11 heteroatoms. The fourth-order valence-corrected chi connectivity index (χ4v) is 0.509. The molecule has 14 heavy (non-hydrogen) atoms. The van der Waals surface area contributed by atoms with E-state index in [0.717, 1.165) is 0 Å². The summed E-state index contributed by atoms with van der Waals surface area (Å²) < 4.78 is 0. The summed E-state index contributed by atoms with van der Waals surface area (Å²) in [5.41, 5.74) is 0. The summed E-state index contributed by atoms with van der Waals surface area (Å²) in [6.07, 6.45) is 4.56. The van der Waals surface area contributed by atoms with E-state index in [-0.39, 0.29) is 0 Å². The number of nitrogens with one attached hydrogen (secondary N) is 3. The molecule has 0 saturated carbocycles. The van der Waals surface area contributed by atoms with E-state index in [2.05, 4.69) is 41.3 Å².